The van der Waals surface area contributed by atoms with Crippen LogP contribution in [0.4, 0.5) is 0 Å². The van der Waals surface area contributed by atoms with E-state index in [4.69, 9.17) is 11.5 Å². The molecule has 0 unspecified atom stereocenters. The molecule has 0 bridgehead atoms. The molecule has 112 valence electrons. The second-order valence-electron chi connectivity index (χ2n) is 5.67. The predicted octanol–water partition coefficient (Wildman–Crippen LogP) is -0.179. The zero-order chi connectivity index (χ0) is 15.2. The first-order chi connectivity index (χ1) is 9.30. The maximum absolute atomic E-state index is 11.9. The minimum atomic E-state index is -0.161. The molecule has 1 rings (SSSR count). The molecule has 1 aromatic heterocycles. The van der Waals surface area contributed by atoms with Crippen molar-refractivity contribution in [3.8, 4) is 0 Å². The van der Waals surface area contributed by atoms with Crippen LogP contribution in [0, 0.1) is 0 Å². The lowest BCUT2D eigenvalue weighted by Gasteiger charge is -2.16. The third-order valence-corrected chi connectivity index (χ3v) is 2.70. The Morgan fingerprint density at radius 3 is 2.70 bits per heavy atom. The van der Waals surface area contributed by atoms with Gasteiger partial charge in [0, 0.05) is 30.3 Å². The molecule has 7 nitrogen and oxygen atoms in total. The lowest BCUT2D eigenvalue weighted by molar-refractivity contribution is 0.539. The molecule has 20 heavy (non-hydrogen) atoms. The minimum absolute atomic E-state index is 0.0957. The third kappa shape index (κ3) is 5.40. The molecule has 0 amide bonds. The first-order valence-corrected chi connectivity index (χ1v) is 6.65. The molecular weight excluding hydrogens is 256 g/mol. The fourth-order valence-corrected chi connectivity index (χ4v) is 1.56. The number of nitrogens with one attached hydrogen (secondary N) is 2. The summed E-state index contributed by atoms with van der Waals surface area (Å²) in [6.07, 6.45) is 2.44. The van der Waals surface area contributed by atoms with Crippen molar-refractivity contribution in [2.45, 2.75) is 39.2 Å². The molecule has 0 saturated heterocycles. The van der Waals surface area contributed by atoms with Crippen LogP contribution in [0.3, 0.4) is 0 Å². The summed E-state index contributed by atoms with van der Waals surface area (Å²) in [6.45, 7) is 7.81. The van der Waals surface area contributed by atoms with Crippen LogP contribution in [0.2, 0.25) is 0 Å². The van der Waals surface area contributed by atoms with E-state index in [2.05, 4.69) is 20.3 Å². The molecule has 0 atom stereocenters. The van der Waals surface area contributed by atoms with Gasteiger partial charge in [-0.3, -0.25) is 9.79 Å². The number of aliphatic imine (C=N–C) groups is 1. The number of rotatable bonds is 6. The Morgan fingerprint density at radius 1 is 1.45 bits per heavy atom. The summed E-state index contributed by atoms with van der Waals surface area (Å²) in [4.78, 5) is 22.9. The first-order valence-electron chi connectivity index (χ1n) is 6.65. The fourth-order valence-electron chi connectivity index (χ4n) is 1.56. The Morgan fingerprint density at radius 2 is 2.15 bits per heavy atom. The largest absolute Gasteiger partial charge is 0.370 e. The zero-order valence-electron chi connectivity index (χ0n) is 12.4. The molecule has 0 spiro atoms. The average Bonchev–Trinajstić information content (AvgIpc) is 2.33. The highest BCUT2D eigenvalue weighted by atomic mass is 16.1. The smallest absolute Gasteiger partial charge is 0.255 e. The average molecular weight is 280 g/mol. The molecule has 7 heteroatoms. The Hall–Kier alpha value is -1.89. The van der Waals surface area contributed by atoms with Crippen LogP contribution in [0.15, 0.2) is 16.0 Å². The summed E-state index contributed by atoms with van der Waals surface area (Å²) in [5, 5.41) is 3.16. The number of hydrogen-bond donors (Lipinski definition) is 4. The molecule has 0 aliphatic carbocycles. The van der Waals surface area contributed by atoms with Crippen molar-refractivity contribution in [2.24, 2.45) is 16.5 Å². The molecule has 1 aromatic rings. The molecule has 6 N–H and O–H groups in total. The van der Waals surface area contributed by atoms with Gasteiger partial charge in [0.15, 0.2) is 5.96 Å². The first kappa shape index (κ1) is 16.2. The van der Waals surface area contributed by atoms with Crippen LogP contribution >= 0.6 is 0 Å². The Bertz CT molecular complexity index is 510. The summed E-state index contributed by atoms with van der Waals surface area (Å²) in [5.74, 6) is 0.794. The lowest BCUT2D eigenvalue weighted by atomic mass is 9.96. The highest BCUT2D eigenvalue weighted by Crippen LogP contribution is 2.15. The van der Waals surface area contributed by atoms with Gasteiger partial charge >= 0.3 is 0 Å². The fraction of sp³-hybridized carbons (Fsp3) is 0.615. The number of nitrogens with two attached hydrogens (primary N) is 2. The topological polar surface area (TPSA) is 122 Å². The number of H-pyrrole nitrogens is 1. The van der Waals surface area contributed by atoms with E-state index in [9.17, 15) is 4.79 Å². The third-order valence-electron chi connectivity index (χ3n) is 2.70. The molecule has 1 heterocycles. The molecule has 0 saturated carbocycles. The molecule has 0 aliphatic heterocycles. The Balaban J connectivity index is 2.46. The van der Waals surface area contributed by atoms with E-state index in [1.807, 2.05) is 20.8 Å². The van der Waals surface area contributed by atoms with Gasteiger partial charge in [0.05, 0.1) is 0 Å². The van der Waals surface area contributed by atoms with Crippen molar-refractivity contribution < 1.29 is 0 Å². The van der Waals surface area contributed by atoms with Gasteiger partial charge in [0.25, 0.3) is 5.56 Å². The van der Waals surface area contributed by atoms with Gasteiger partial charge in [-0.15, -0.1) is 0 Å². The summed E-state index contributed by atoms with van der Waals surface area (Å²) in [6, 6.07) is 0. The van der Waals surface area contributed by atoms with Crippen molar-refractivity contribution in [3.05, 3.63) is 27.9 Å². The number of hydrogen-bond acceptors (Lipinski definition) is 4. The molecule has 0 fully saturated rings. The van der Waals surface area contributed by atoms with E-state index in [1.54, 1.807) is 6.20 Å². The van der Waals surface area contributed by atoms with Crippen molar-refractivity contribution in [3.63, 3.8) is 0 Å². The monoisotopic (exact) mass is 280 g/mol. The summed E-state index contributed by atoms with van der Waals surface area (Å²) < 4.78 is 0. The molecule has 0 aliphatic rings. The van der Waals surface area contributed by atoms with E-state index in [0.29, 0.717) is 24.5 Å². The zero-order valence-corrected chi connectivity index (χ0v) is 12.4. The van der Waals surface area contributed by atoms with E-state index in [0.717, 1.165) is 13.0 Å². The van der Waals surface area contributed by atoms with Gasteiger partial charge < -0.3 is 21.8 Å². The van der Waals surface area contributed by atoms with Gasteiger partial charge in [0.1, 0.15) is 5.82 Å². The van der Waals surface area contributed by atoms with Crippen molar-refractivity contribution in [1.82, 2.24) is 15.3 Å². The second-order valence-corrected chi connectivity index (χ2v) is 5.67. The SMILES string of the molecule is CC(C)(C)c1ncc(CNCCCN=C(N)N)c(=O)[nH]1. The number of nitrogens with zero attached hydrogens (tertiary/aromatic N) is 2. The van der Waals surface area contributed by atoms with Gasteiger partial charge in [0.2, 0.25) is 0 Å². The van der Waals surface area contributed by atoms with Crippen LogP contribution in [-0.4, -0.2) is 29.0 Å². The summed E-state index contributed by atoms with van der Waals surface area (Å²) in [7, 11) is 0. The van der Waals surface area contributed by atoms with Crippen LogP contribution in [0.5, 0.6) is 0 Å². The van der Waals surface area contributed by atoms with Crippen LogP contribution < -0.4 is 22.3 Å². The molecular formula is C13H24N6O. The van der Waals surface area contributed by atoms with Crippen LogP contribution in [0.1, 0.15) is 38.6 Å². The minimum Gasteiger partial charge on any atom is -0.370 e. The van der Waals surface area contributed by atoms with Gasteiger partial charge in [-0.25, -0.2) is 4.98 Å². The number of aromatic nitrogens is 2. The number of aromatic amines is 1. The lowest BCUT2D eigenvalue weighted by Crippen LogP contribution is -2.27. The van der Waals surface area contributed by atoms with Gasteiger partial charge in [-0.05, 0) is 13.0 Å². The van der Waals surface area contributed by atoms with Gasteiger partial charge in [-0.2, -0.15) is 0 Å². The van der Waals surface area contributed by atoms with Crippen molar-refractivity contribution in [1.29, 1.82) is 0 Å². The predicted molar refractivity (Wildman–Crippen MR) is 80.6 cm³/mol. The highest BCUT2D eigenvalue weighted by molar-refractivity contribution is 5.75. The van der Waals surface area contributed by atoms with Crippen molar-refractivity contribution >= 4 is 5.96 Å². The summed E-state index contributed by atoms with van der Waals surface area (Å²) >= 11 is 0. The van der Waals surface area contributed by atoms with E-state index < -0.39 is 0 Å². The standard InChI is InChI=1S/C13H24N6O/c1-13(2,3)11-18-8-9(10(20)19-11)7-16-5-4-6-17-12(14)15/h8,16H,4-7H2,1-3H3,(H4,14,15,17)(H,18,19,20). The highest BCUT2D eigenvalue weighted by Gasteiger charge is 2.16. The van der Waals surface area contributed by atoms with E-state index in [-0.39, 0.29) is 16.9 Å². The van der Waals surface area contributed by atoms with E-state index >= 15 is 0 Å². The summed E-state index contributed by atoms with van der Waals surface area (Å²) in [5.41, 5.74) is 10.8. The second kappa shape index (κ2) is 7.04. The quantitative estimate of drug-likeness (QED) is 0.327. The maximum atomic E-state index is 11.9. The Kier molecular flexibility index (Phi) is 5.69. The molecule has 0 aromatic carbocycles. The maximum Gasteiger partial charge on any atom is 0.255 e. The van der Waals surface area contributed by atoms with Crippen LogP contribution in [-0.2, 0) is 12.0 Å². The van der Waals surface area contributed by atoms with Crippen molar-refractivity contribution in [2.75, 3.05) is 13.1 Å². The number of guanidine groups is 1. The van der Waals surface area contributed by atoms with Crippen LogP contribution in [0.25, 0.3) is 0 Å². The Labute approximate surface area is 118 Å². The van der Waals surface area contributed by atoms with E-state index in [1.165, 1.54) is 0 Å². The van der Waals surface area contributed by atoms with Gasteiger partial charge in [-0.1, -0.05) is 20.8 Å². The normalized spacial score (nSPS) is 11.3. The molecule has 0 radical (unpaired) electrons.